The van der Waals surface area contributed by atoms with E-state index in [9.17, 15) is 4.79 Å². The molecule has 0 unspecified atom stereocenters. The van der Waals surface area contributed by atoms with Gasteiger partial charge in [-0.2, -0.15) is 0 Å². The molecule has 0 fully saturated rings. The number of benzene rings is 2. The van der Waals surface area contributed by atoms with Crippen molar-refractivity contribution in [2.45, 2.75) is 6.92 Å². The number of aryl methyl sites for hydroxylation is 1. The van der Waals surface area contributed by atoms with Gasteiger partial charge in [-0.1, -0.05) is 6.07 Å². The van der Waals surface area contributed by atoms with Crippen LogP contribution in [0, 0.1) is 6.92 Å². The second kappa shape index (κ2) is 6.18. The number of nitrogens with two attached hydrogens (primary N) is 1. The Morgan fingerprint density at radius 2 is 1.95 bits per heavy atom. The zero-order valence-electron chi connectivity index (χ0n) is 12.3. The summed E-state index contributed by atoms with van der Waals surface area (Å²) in [7, 11) is 3.87. The molecule has 0 saturated carbocycles. The van der Waals surface area contributed by atoms with E-state index in [1.807, 2.05) is 56.3 Å². The first kappa shape index (κ1) is 15.4. The van der Waals surface area contributed by atoms with Gasteiger partial charge in [-0.05, 0) is 58.7 Å². The maximum Gasteiger partial charge on any atom is 0.255 e. The van der Waals surface area contributed by atoms with Crippen molar-refractivity contribution >= 4 is 38.9 Å². The monoisotopic (exact) mass is 347 g/mol. The van der Waals surface area contributed by atoms with Crippen molar-refractivity contribution in [3.63, 3.8) is 0 Å². The summed E-state index contributed by atoms with van der Waals surface area (Å²) in [6, 6.07) is 11.2. The minimum Gasteiger partial charge on any atom is -0.397 e. The van der Waals surface area contributed by atoms with Crippen LogP contribution in [0.2, 0.25) is 0 Å². The van der Waals surface area contributed by atoms with E-state index < -0.39 is 0 Å². The fourth-order valence-electron chi connectivity index (χ4n) is 2.01. The number of carbonyl (C=O) groups is 1. The molecule has 0 aromatic heterocycles. The van der Waals surface area contributed by atoms with Gasteiger partial charge in [0.1, 0.15) is 0 Å². The zero-order chi connectivity index (χ0) is 15.6. The largest absolute Gasteiger partial charge is 0.397 e. The van der Waals surface area contributed by atoms with E-state index in [0.717, 1.165) is 15.7 Å². The molecule has 3 N–H and O–H groups in total. The summed E-state index contributed by atoms with van der Waals surface area (Å²) in [5.74, 6) is -0.185. The number of carbonyl (C=O) groups excluding carboxylic acids is 1. The number of nitrogens with one attached hydrogen (secondary N) is 1. The Bertz CT molecular complexity index is 660. The first-order chi connectivity index (χ1) is 9.88. The number of nitrogens with zero attached hydrogens (tertiary/aromatic N) is 1. The molecule has 110 valence electrons. The summed E-state index contributed by atoms with van der Waals surface area (Å²) in [4.78, 5) is 14.3. The summed E-state index contributed by atoms with van der Waals surface area (Å²) in [5, 5.41) is 2.86. The van der Waals surface area contributed by atoms with Gasteiger partial charge in [0.15, 0.2) is 0 Å². The molecular formula is C16H18BrN3O. The molecule has 0 atom stereocenters. The molecule has 2 aromatic rings. The van der Waals surface area contributed by atoms with Crippen molar-refractivity contribution in [2.24, 2.45) is 0 Å². The van der Waals surface area contributed by atoms with Crippen molar-refractivity contribution in [2.75, 3.05) is 30.0 Å². The molecule has 0 aliphatic carbocycles. The SMILES string of the molecule is Cc1cc(N)c(NC(=O)c2cccc(N(C)C)c2)c(Br)c1. The van der Waals surface area contributed by atoms with Crippen LogP contribution >= 0.6 is 15.9 Å². The van der Waals surface area contributed by atoms with Crippen molar-refractivity contribution in [3.05, 3.63) is 52.0 Å². The number of hydrogen-bond donors (Lipinski definition) is 2. The molecule has 21 heavy (non-hydrogen) atoms. The second-order valence-electron chi connectivity index (χ2n) is 5.11. The summed E-state index contributed by atoms with van der Waals surface area (Å²) >= 11 is 3.43. The van der Waals surface area contributed by atoms with E-state index in [0.29, 0.717) is 16.9 Å². The lowest BCUT2D eigenvalue weighted by Crippen LogP contribution is -2.15. The highest BCUT2D eigenvalue weighted by molar-refractivity contribution is 9.10. The predicted octanol–water partition coefficient (Wildman–Crippen LogP) is 3.66. The number of amides is 1. The van der Waals surface area contributed by atoms with E-state index in [4.69, 9.17) is 5.73 Å². The average Bonchev–Trinajstić information content (AvgIpc) is 2.42. The fraction of sp³-hybridized carbons (Fsp3) is 0.188. The Hall–Kier alpha value is -2.01. The van der Waals surface area contributed by atoms with Crippen LogP contribution in [-0.2, 0) is 0 Å². The lowest BCUT2D eigenvalue weighted by molar-refractivity contribution is 0.102. The summed E-state index contributed by atoms with van der Waals surface area (Å²) in [6.07, 6.45) is 0. The highest BCUT2D eigenvalue weighted by atomic mass is 79.9. The summed E-state index contributed by atoms with van der Waals surface area (Å²) in [5.41, 5.74) is 9.71. The van der Waals surface area contributed by atoms with Crippen LogP contribution in [0.15, 0.2) is 40.9 Å². The van der Waals surface area contributed by atoms with Crippen molar-refractivity contribution in [1.29, 1.82) is 0 Å². The second-order valence-corrected chi connectivity index (χ2v) is 5.96. The quantitative estimate of drug-likeness (QED) is 0.833. The molecule has 0 radical (unpaired) electrons. The third kappa shape index (κ3) is 3.55. The van der Waals surface area contributed by atoms with Crippen LogP contribution in [0.3, 0.4) is 0 Å². The molecule has 0 heterocycles. The van der Waals surface area contributed by atoms with E-state index in [1.165, 1.54) is 0 Å². The number of hydrogen-bond acceptors (Lipinski definition) is 3. The lowest BCUT2D eigenvalue weighted by Gasteiger charge is -2.15. The molecule has 5 heteroatoms. The molecule has 1 amide bonds. The Morgan fingerprint density at radius 3 is 2.57 bits per heavy atom. The van der Waals surface area contributed by atoms with Gasteiger partial charge < -0.3 is 16.0 Å². The first-order valence-electron chi connectivity index (χ1n) is 6.53. The van der Waals surface area contributed by atoms with Gasteiger partial charge in [0, 0.05) is 29.8 Å². The normalized spacial score (nSPS) is 10.3. The number of halogens is 1. The maximum absolute atomic E-state index is 12.4. The van der Waals surface area contributed by atoms with Gasteiger partial charge in [0.2, 0.25) is 0 Å². The molecular weight excluding hydrogens is 330 g/mol. The van der Waals surface area contributed by atoms with Crippen LogP contribution in [0.5, 0.6) is 0 Å². The molecule has 0 aliphatic heterocycles. The maximum atomic E-state index is 12.4. The molecule has 4 nitrogen and oxygen atoms in total. The molecule has 2 rings (SSSR count). The lowest BCUT2D eigenvalue weighted by atomic mass is 10.1. The van der Waals surface area contributed by atoms with Crippen LogP contribution < -0.4 is 16.0 Å². The van der Waals surface area contributed by atoms with Crippen LogP contribution in [0.1, 0.15) is 15.9 Å². The summed E-state index contributed by atoms with van der Waals surface area (Å²) in [6.45, 7) is 1.95. The van der Waals surface area contributed by atoms with Crippen LogP contribution in [0.4, 0.5) is 17.1 Å². The third-order valence-electron chi connectivity index (χ3n) is 3.13. The van der Waals surface area contributed by atoms with E-state index >= 15 is 0 Å². The summed E-state index contributed by atoms with van der Waals surface area (Å²) < 4.78 is 0.775. The number of rotatable bonds is 3. The standard InChI is InChI=1S/C16H18BrN3O/c1-10-7-13(17)15(14(18)8-10)19-16(21)11-5-4-6-12(9-11)20(2)3/h4-9H,18H2,1-3H3,(H,19,21). The molecule has 0 spiro atoms. The molecule has 0 aliphatic rings. The Labute approximate surface area is 133 Å². The number of anilines is 3. The van der Waals surface area contributed by atoms with Gasteiger partial charge in [-0.25, -0.2) is 0 Å². The third-order valence-corrected chi connectivity index (χ3v) is 3.75. The van der Waals surface area contributed by atoms with Crippen molar-refractivity contribution < 1.29 is 4.79 Å². The topological polar surface area (TPSA) is 58.4 Å². The van der Waals surface area contributed by atoms with Crippen molar-refractivity contribution in [1.82, 2.24) is 0 Å². The Balaban J connectivity index is 2.28. The van der Waals surface area contributed by atoms with Gasteiger partial charge in [0.05, 0.1) is 11.4 Å². The smallest absolute Gasteiger partial charge is 0.255 e. The van der Waals surface area contributed by atoms with Gasteiger partial charge >= 0.3 is 0 Å². The van der Waals surface area contributed by atoms with E-state index in [-0.39, 0.29) is 5.91 Å². The van der Waals surface area contributed by atoms with E-state index in [1.54, 1.807) is 6.07 Å². The Morgan fingerprint density at radius 1 is 1.24 bits per heavy atom. The fourth-order valence-corrected chi connectivity index (χ4v) is 2.70. The van der Waals surface area contributed by atoms with Gasteiger partial charge in [-0.15, -0.1) is 0 Å². The minimum atomic E-state index is -0.185. The van der Waals surface area contributed by atoms with Gasteiger partial charge in [-0.3, -0.25) is 4.79 Å². The zero-order valence-corrected chi connectivity index (χ0v) is 13.9. The number of nitrogen functional groups attached to an aromatic ring is 1. The highest BCUT2D eigenvalue weighted by Crippen LogP contribution is 2.30. The minimum absolute atomic E-state index is 0.185. The molecule has 2 aromatic carbocycles. The first-order valence-corrected chi connectivity index (χ1v) is 7.32. The average molecular weight is 348 g/mol. The predicted molar refractivity (Wildman–Crippen MR) is 92.0 cm³/mol. The van der Waals surface area contributed by atoms with Crippen LogP contribution in [-0.4, -0.2) is 20.0 Å². The highest BCUT2D eigenvalue weighted by Gasteiger charge is 2.12. The molecule has 0 bridgehead atoms. The van der Waals surface area contributed by atoms with Crippen molar-refractivity contribution in [3.8, 4) is 0 Å². The van der Waals surface area contributed by atoms with Crippen LogP contribution in [0.25, 0.3) is 0 Å². The van der Waals surface area contributed by atoms with E-state index in [2.05, 4.69) is 21.2 Å². The molecule has 0 saturated heterocycles. The van der Waals surface area contributed by atoms with Gasteiger partial charge in [0.25, 0.3) is 5.91 Å². The Kier molecular flexibility index (Phi) is 4.53.